The normalized spacial score (nSPS) is 11.7. The van der Waals surface area contributed by atoms with Crippen molar-refractivity contribution in [2.24, 2.45) is 0 Å². The number of carbonyl (C=O) groups excluding carboxylic acids is 1. The number of rotatable bonds is 10. The molecule has 0 aliphatic rings. The van der Waals surface area contributed by atoms with Gasteiger partial charge in [0.2, 0.25) is 5.91 Å². The first kappa shape index (κ1) is 24.5. The summed E-state index contributed by atoms with van der Waals surface area (Å²) >= 11 is 1.34. The summed E-state index contributed by atoms with van der Waals surface area (Å²) in [7, 11) is 1.63. The quantitative estimate of drug-likeness (QED) is 0.305. The summed E-state index contributed by atoms with van der Waals surface area (Å²) in [5.41, 5.74) is 2.89. The van der Waals surface area contributed by atoms with Crippen molar-refractivity contribution in [3.05, 3.63) is 95.8 Å². The summed E-state index contributed by atoms with van der Waals surface area (Å²) in [5.74, 6) is 1.15. The Bertz CT molecular complexity index is 1260. The Morgan fingerprint density at radius 1 is 1.03 bits per heavy atom. The lowest BCUT2D eigenvalue weighted by Gasteiger charge is -2.15. The summed E-state index contributed by atoms with van der Waals surface area (Å²) in [6.07, 6.45) is 0.794. The number of hydrogen-bond acceptors (Lipinski definition) is 5. The van der Waals surface area contributed by atoms with Gasteiger partial charge in [-0.3, -0.25) is 4.79 Å². The van der Waals surface area contributed by atoms with Crippen molar-refractivity contribution in [1.29, 1.82) is 0 Å². The third-order valence-electron chi connectivity index (χ3n) is 5.61. The Labute approximate surface area is 208 Å². The van der Waals surface area contributed by atoms with E-state index in [0.29, 0.717) is 23.3 Å². The monoisotopic (exact) mass is 490 g/mol. The zero-order valence-electron chi connectivity index (χ0n) is 19.6. The van der Waals surface area contributed by atoms with Crippen molar-refractivity contribution >= 4 is 17.7 Å². The summed E-state index contributed by atoms with van der Waals surface area (Å²) in [6.45, 7) is 2.53. The highest BCUT2D eigenvalue weighted by molar-refractivity contribution is 7.99. The summed E-state index contributed by atoms with van der Waals surface area (Å²) in [4.78, 5) is 12.7. The van der Waals surface area contributed by atoms with Crippen LogP contribution in [0.1, 0.15) is 24.1 Å². The molecule has 1 amide bonds. The number of halogens is 1. The fraction of sp³-hybridized carbons (Fsp3) is 0.222. The van der Waals surface area contributed by atoms with Gasteiger partial charge in [0.25, 0.3) is 0 Å². The van der Waals surface area contributed by atoms with E-state index >= 15 is 0 Å². The summed E-state index contributed by atoms with van der Waals surface area (Å²) < 4.78 is 20.8. The van der Waals surface area contributed by atoms with E-state index in [1.54, 1.807) is 19.2 Å². The molecular weight excluding hydrogens is 463 g/mol. The fourth-order valence-corrected chi connectivity index (χ4v) is 4.53. The summed E-state index contributed by atoms with van der Waals surface area (Å²) in [5, 5.41) is 12.5. The Kier molecular flexibility index (Phi) is 8.15. The van der Waals surface area contributed by atoms with Gasteiger partial charge in [-0.15, -0.1) is 10.2 Å². The van der Waals surface area contributed by atoms with Gasteiger partial charge < -0.3 is 14.6 Å². The molecule has 0 radical (unpaired) electrons. The van der Waals surface area contributed by atoms with Crippen LogP contribution in [0.5, 0.6) is 5.75 Å². The second-order valence-corrected chi connectivity index (χ2v) is 8.97. The van der Waals surface area contributed by atoms with E-state index in [0.717, 1.165) is 17.5 Å². The second kappa shape index (κ2) is 11.7. The molecule has 1 atom stereocenters. The Balaban J connectivity index is 1.50. The Morgan fingerprint density at radius 2 is 1.74 bits per heavy atom. The Hall–Kier alpha value is -3.65. The maximum Gasteiger partial charge on any atom is 0.230 e. The number of benzene rings is 3. The van der Waals surface area contributed by atoms with Crippen molar-refractivity contribution < 1.29 is 13.9 Å². The van der Waals surface area contributed by atoms with Crippen LogP contribution in [0.3, 0.4) is 0 Å². The first-order valence-corrected chi connectivity index (χ1v) is 12.3. The van der Waals surface area contributed by atoms with E-state index in [-0.39, 0.29) is 23.5 Å². The zero-order valence-corrected chi connectivity index (χ0v) is 20.5. The molecule has 8 heteroatoms. The van der Waals surface area contributed by atoms with Gasteiger partial charge in [-0.25, -0.2) is 4.39 Å². The molecule has 1 heterocycles. The number of ether oxygens (including phenoxy) is 1. The number of thioether (sulfide) groups is 1. The maximum atomic E-state index is 13.2. The third kappa shape index (κ3) is 6.27. The molecule has 6 nitrogen and oxygen atoms in total. The minimum Gasteiger partial charge on any atom is -0.496 e. The van der Waals surface area contributed by atoms with Crippen molar-refractivity contribution in [2.75, 3.05) is 12.9 Å². The highest BCUT2D eigenvalue weighted by Gasteiger charge is 2.19. The molecule has 0 aliphatic carbocycles. The minimum absolute atomic E-state index is 0.136. The number of amides is 1. The van der Waals surface area contributed by atoms with Crippen LogP contribution >= 0.6 is 11.8 Å². The van der Waals surface area contributed by atoms with Crippen molar-refractivity contribution in [3.63, 3.8) is 0 Å². The van der Waals surface area contributed by atoms with Gasteiger partial charge in [-0.1, -0.05) is 66.4 Å². The number of methoxy groups -OCH3 is 1. The average Bonchev–Trinajstić information content (AvgIpc) is 3.29. The van der Waals surface area contributed by atoms with Gasteiger partial charge in [0.1, 0.15) is 11.6 Å². The number of aromatic nitrogens is 3. The molecule has 1 unspecified atom stereocenters. The lowest BCUT2D eigenvalue weighted by Crippen LogP contribution is -2.28. The molecule has 4 aromatic rings. The number of para-hydroxylation sites is 1. The largest absolute Gasteiger partial charge is 0.496 e. The molecule has 3 aromatic carbocycles. The molecule has 0 spiro atoms. The van der Waals surface area contributed by atoms with Gasteiger partial charge >= 0.3 is 0 Å². The SMILES string of the molecule is COc1ccccc1-c1nnc(SCC(=O)NC(C)c2ccc(F)cc2)n1CCc1ccccc1. The average molecular weight is 491 g/mol. The van der Waals surface area contributed by atoms with Gasteiger partial charge in [-0.05, 0) is 48.7 Å². The van der Waals surface area contributed by atoms with Gasteiger partial charge in [0.05, 0.1) is 24.5 Å². The van der Waals surface area contributed by atoms with E-state index < -0.39 is 0 Å². The van der Waals surface area contributed by atoms with Crippen LogP contribution in [0, 0.1) is 5.82 Å². The minimum atomic E-state index is -0.302. The molecular formula is C27H27FN4O2S. The van der Waals surface area contributed by atoms with Crippen LogP contribution in [0.2, 0.25) is 0 Å². The van der Waals surface area contributed by atoms with Gasteiger partial charge in [0.15, 0.2) is 11.0 Å². The van der Waals surface area contributed by atoms with Crippen LogP contribution in [0.25, 0.3) is 11.4 Å². The predicted octanol–water partition coefficient (Wildman–Crippen LogP) is 5.31. The van der Waals surface area contributed by atoms with E-state index in [2.05, 4.69) is 27.6 Å². The smallest absolute Gasteiger partial charge is 0.230 e. The molecule has 4 rings (SSSR count). The van der Waals surface area contributed by atoms with E-state index in [1.165, 1.54) is 29.5 Å². The van der Waals surface area contributed by atoms with Gasteiger partial charge in [-0.2, -0.15) is 0 Å². The molecule has 0 fully saturated rings. The molecule has 0 bridgehead atoms. The number of aryl methyl sites for hydroxylation is 1. The third-order valence-corrected chi connectivity index (χ3v) is 6.58. The first-order valence-electron chi connectivity index (χ1n) is 11.3. The summed E-state index contributed by atoms with van der Waals surface area (Å²) in [6, 6.07) is 23.8. The molecule has 1 N–H and O–H groups in total. The lowest BCUT2D eigenvalue weighted by molar-refractivity contribution is -0.119. The molecule has 0 aliphatic heterocycles. The van der Waals surface area contributed by atoms with Crippen LogP contribution in [-0.4, -0.2) is 33.5 Å². The van der Waals surface area contributed by atoms with Crippen molar-refractivity contribution in [1.82, 2.24) is 20.1 Å². The second-order valence-electron chi connectivity index (χ2n) is 8.02. The molecule has 180 valence electrons. The van der Waals surface area contributed by atoms with Gasteiger partial charge in [0, 0.05) is 6.54 Å². The molecule has 0 saturated carbocycles. The van der Waals surface area contributed by atoms with Crippen LogP contribution in [0.15, 0.2) is 84.0 Å². The van der Waals surface area contributed by atoms with Crippen LogP contribution in [-0.2, 0) is 17.8 Å². The number of nitrogens with zero attached hydrogens (tertiary/aromatic N) is 3. The highest BCUT2D eigenvalue weighted by Crippen LogP contribution is 2.31. The van der Waals surface area contributed by atoms with E-state index in [1.807, 2.05) is 54.0 Å². The van der Waals surface area contributed by atoms with Crippen LogP contribution in [0.4, 0.5) is 4.39 Å². The number of nitrogens with one attached hydrogen (secondary N) is 1. The van der Waals surface area contributed by atoms with Crippen molar-refractivity contribution in [3.8, 4) is 17.1 Å². The topological polar surface area (TPSA) is 69.0 Å². The van der Waals surface area contributed by atoms with Crippen LogP contribution < -0.4 is 10.1 Å². The number of carbonyl (C=O) groups is 1. The first-order chi connectivity index (χ1) is 17.0. The van der Waals surface area contributed by atoms with E-state index in [4.69, 9.17) is 4.74 Å². The highest BCUT2D eigenvalue weighted by atomic mass is 32.2. The maximum absolute atomic E-state index is 13.2. The van der Waals surface area contributed by atoms with Crippen molar-refractivity contribution in [2.45, 2.75) is 31.1 Å². The number of hydrogen-bond donors (Lipinski definition) is 1. The Morgan fingerprint density at radius 3 is 2.49 bits per heavy atom. The standard InChI is InChI=1S/C27H27FN4O2S/c1-19(21-12-14-22(28)15-13-21)29-25(33)18-35-27-31-30-26(23-10-6-7-11-24(23)34-2)32(27)17-16-20-8-4-3-5-9-20/h3-15,19H,16-18H2,1-2H3,(H,29,33). The lowest BCUT2D eigenvalue weighted by atomic mass is 10.1. The zero-order chi connectivity index (χ0) is 24.6. The molecule has 0 saturated heterocycles. The fourth-order valence-electron chi connectivity index (χ4n) is 3.76. The molecule has 35 heavy (non-hydrogen) atoms. The predicted molar refractivity (Wildman–Crippen MR) is 136 cm³/mol. The molecule has 1 aromatic heterocycles. The van der Waals surface area contributed by atoms with E-state index in [9.17, 15) is 9.18 Å².